The molecule has 0 atom stereocenters. The van der Waals surface area contributed by atoms with Gasteiger partial charge < -0.3 is 5.32 Å². The van der Waals surface area contributed by atoms with Crippen LogP contribution in [0.1, 0.15) is 23.7 Å². The van der Waals surface area contributed by atoms with Crippen LogP contribution < -0.4 is 10.6 Å². The molecule has 0 bridgehead atoms. The zero-order valence-electron chi connectivity index (χ0n) is 11.1. The van der Waals surface area contributed by atoms with E-state index in [4.69, 9.17) is 11.6 Å². The lowest BCUT2D eigenvalue weighted by molar-refractivity contribution is 0.102. The summed E-state index contributed by atoms with van der Waals surface area (Å²) in [5.41, 5.74) is 0.371. The maximum absolute atomic E-state index is 12.1. The highest BCUT2D eigenvalue weighted by molar-refractivity contribution is 6.30. The quantitative estimate of drug-likeness (QED) is 0.808. The minimum Gasteiger partial charge on any atom is -0.370 e. The van der Waals surface area contributed by atoms with Crippen molar-refractivity contribution in [3.63, 3.8) is 0 Å². The first-order valence-corrected chi connectivity index (χ1v) is 6.43. The molecule has 0 aromatic carbocycles. The smallest absolute Gasteiger partial charge is 0.270 e. The van der Waals surface area contributed by atoms with E-state index in [-0.39, 0.29) is 17.0 Å². The first kappa shape index (κ1) is 14.2. The van der Waals surface area contributed by atoms with Crippen LogP contribution in [0.15, 0.2) is 12.1 Å². The second-order valence-corrected chi connectivity index (χ2v) is 4.43. The number of aromatic nitrogens is 5. The molecule has 0 saturated heterocycles. The average molecular weight is 296 g/mol. The molecular weight excluding hydrogens is 282 g/mol. The Balaban J connectivity index is 2.14. The van der Waals surface area contributed by atoms with Crippen molar-refractivity contribution in [1.82, 2.24) is 25.2 Å². The Bertz CT molecular complexity index is 613. The SMILES string of the molecule is CCCNc1cc(C(=O)Nc2nnn(C)n2)cc(Cl)n1. The molecule has 0 unspecified atom stereocenters. The van der Waals surface area contributed by atoms with E-state index in [1.807, 2.05) is 6.92 Å². The van der Waals surface area contributed by atoms with Crippen molar-refractivity contribution in [1.29, 1.82) is 0 Å². The monoisotopic (exact) mass is 295 g/mol. The molecule has 9 heteroatoms. The third-order valence-corrected chi connectivity index (χ3v) is 2.54. The van der Waals surface area contributed by atoms with Crippen LogP contribution in [0.25, 0.3) is 0 Å². The summed E-state index contributed by atoms with van der Waals surface area (Å²) in [6.45, 7) is 2.78. The predicted octanol–water partition coefficient (Wildman–Crippen LogP) is 1.33. The van der Waals surface area contributed by atoms with E-state index < -0.39 is 0 Å². The Morgan fingerprint density at radius 2 is 2.25 bits per heavy atom. The van der Waals surface area contributed by atoms with Crippen LogP contribution in [0.2, 0.25) is 5.15 Å². The fourth-order valence-electron chi connectivity index (χ4n) is 1.48. The van der Waals surface area contributed by atoms with Gasteiger partial charge in [-0.15, -0.1) is 5.10 Å². The van der Waals surface area contributed by atoms with E-state index in [2.05, 4.69) is 31.0 Å². The molecule has 0 aliphatic carbocycles. The van der Waals surface area contributed by atoms with E-state index in [1.165, 1.54) is 10.9 Å². The van der Waals surface area contributed by atoms with Crippen molar-refractivity contribution in [3.05, 3.63) is 22.8 Å². The molecule has 0 aliphatic heterocycles. The molecule has 2 rings (SSSR count). The third-order valence-electron chi connectivity index (χ3n) is 2.35. The number of carbonyl (C=O) groups excluding carboxylic acids is 1. The number of tetrazole rings is 1. The van der Waals surface area contributed by atoms with Crippen LogP contribution in [0.4, 0.5) is 11.8 Å². The molecule has 0 radical (unpaired) electrons. The van der Waals surface area contributed by atoms with Gasteiger partial charge in [0.25, 0.3) is 11.9 Å². The number of anilines is 2. The van der Waals surface area contributed by atoms with Gasteiger partial charge in [-0.25, -0.2) is 4.98 Å². The Kier molecular flexibility index (Phi) is 4.46. The van der Waals surface area contributed by atoms with Crippen LogP contribution in [-0.2, 0) is 7.05 Å². The van der Waals surface area contributed by atoms with Crippen LogP contribution >= 0.6 is 11.6 Å². The number of rotatable bonds is 5. The molecule has 2 aromatic rings. The van der Waals surface area contributed by atoms with Crippen LogP contribution in [0.5, 0.6) is 0 Å². The van der Waals surface area contributed by atoms with Crippen LogP contribution in [0.3, 0.4) is 0 Å². The number of pyridine rings is 1. The van der Waals surface area contributed by atoms with E-state index in [1.54, 1.807) is 13.1 Å². The van der Waals surface area contributed by atoms with Crippen molar-refractivity contribution < 1.29 is 4.79 Å². The van der Waals surface area contributed by atoms with Gasteiger partial charge in [0.2, 0.25) is 0 Å². The Labute approximate surface area is 120 Å². The van der Waals surface area contributed by atoms with Gasteiger partial charge in [0.1, 0.15) is 11.0 Å². The summed E-state index contributed by atoms with van der Waals surface area (Å²) in [5, 5.41) is 17.0. The van der Waals surface area contributed by atoms with Crippen molar-refractivity contribution in [2.75, 3.05) is 17.2 Å². The summed E-state index contributed by atoms with van der Waals surface area (Å²) < 4.78 is 0. The van der Waals surface area contributed by atoms with E-state index in [9.17, 15) is 4.79 Å². The van der Waals surface area contributed by atoms with Gasteiger partial charge in [0.15, 0.2) is 0 Å². The molecule has 1 amide bonds. The zero-order valence-corrected chi connectivity index (χ0v) is 11.8. The minimum absolute atomic E-state index is 0.133. The van der Waals surface area contributed by atoms with Crippen molar-refractivity contribution in [2.24, 2.45) is 7.05 Å². The number of hydrogen-bond acceptors (Lipinski definition) is 6. The highest BCUT2D eigenvalue weighted by atomic mass is 35.5. The fraction of sp³-hybridized carbons (Fsp3) is 0.364. The van der Waals surface area contributed by atoms with Gasteiger partial charge in [-0.3, -0.25) is 10.1 Å². The normalized spacial score (nSPS) is 10.3. The van der Waals surface area contributed by atoms with Crippen molar-refractivity contribution in [2.45, 2.75) is 13.3 Å². The van der Waals surface area contributed by atoms with E-state index >= 15 is 0 Å². The van der Waals surface area contributed by atoms with E-state index in [0.29, 0.717) is 11.4 Å². The summed E-state index contributed by atoms with van der Waals surface area (Å²) in [5.74, 6) is 0.312. The molecule has 2 aromatic heterocycles. The average Bonchev–Trinajstić information content (AvgIpc) is 2.81. The first-order chi connectivity index (χ1) is 9.58. The summed E-state index contributed by atoms with van der Waals surface area (Å²) >= 11 is 5.90. The molecule has 20 heavy (non-hydrogen) atoms. The predicted molar refractivity (Wildman–Crippen MR) is 74.8 cm³/mol. The maximum Gasteiger partial charge on any atom is 0.270 e. The second-order valence-electron chi connectivity index (χ2n) is 4.05. The van der Waals surface area contributed by atoms with Gasteiger partial charge >= 0.3 is 0 Å². The standard InChI is InChI=1S/C11H14ClN7O/c1-3-4-13-9-6-7(5-8(12)14-9)10(20)15-11-16-18-19(2)17-11/h5-6H,3-4H2,1-2H3,(H,13,14)(H,15,17,20). The van der Waals surface area contributed by atoms with Gasteiger partial charge in [0.05, 0.1) is 7.05 Å². The molecule has 8 nitrogen and oxygen atoms in total. The molecule has 0 fully saturated rings. The third kappa shape index (κ3) is 3.64. The molecule has 0 saturated carbocycles. The lowest BCUT2D eigenvalue weighted by Crippen LogP contribution is -2.14. The Morgan fingerprint density at radius 1 is 1.45 bits per heavy atom. The fourth-order valence-corrected chi connectivity index (χ4v) is 1.69. The highest BCUT2D eigenvalue weighted by Crippen LogP contribution is 2.15. The Morgan fingerprint density at radius 3 is 2.90 bits per heavy atom. The van der Waals surface area contributed by atoms with Gasteiger partial charge in [0, 0.05) is 12.1 Å². The summed E-state index contributed by atoms with van der Waals surface area (Å²) in [4.78, 5) is 17.4. The molecule has 0 aliphatic rings. The largest absolute Gasteiger partial charge is 0.370 e. The lowest BCUT2D eigenvalue weighted by Gasteiger charge is -2.07. The molecule has 2 N–H and O–H groups in total. The number of nitrogens with one attached hydrogen (secondary N) is 2. The topological polar surface area (TPSA) is 97.6 Å². The Hall–Kier alpha value is -2.22. The number of aryl methyl sites for hydroxylation is 1. The highest BCUT2D eigenvalue weighted by Gasteiger charge is 2.12. The summed E-state index contributed by atoms with van der Waals surface area (Å²) in [6, 6.07) is 3.09. The lowest BCUT2D eigenvalue weighted by atomic mass is 10.2. The zero-order chi connectivity index (χ0) is 14.5. The summed E-state index contributed by atoms with van der Waals surface area (Å²) in [7, 11) is 1.61. The van der Waals surface area contributed by atoms with Crippen molar-refractivity contribution in [3.8, 4) is 0 Å². The number of nitrogens with zero attached hydrogens (tertiary/aromatic N) is 5. The van der Waals surface area contributed by atoms with E-state index in [0.717, 1.165) is 13.0 Å². The van der Waals surface area contributed by atoms with Gasteiger partial charge in [-0.05, 0) is 23.8 Å². The van der Waals surface area contributed by atoms with Crippen LogP contribution in [0, 0.1) is 0 Å². The van der Waals surface area contributed by atoms with Crippen molar-refractivity contribution >= 4 is 29.3 Å². The first-order valence-electron chi connectivity index (χ1n) is 6.05. The molecule has 106 valence electrons. The second kappa shape index (κ2) is 6.29. The van der Waals surface area contributed by atoms with Crippen LogP contribution in [-0.4, -0.2) is 37.6 Å². The molecule has 0 spiro atoms. The summed E-state index contributed by atoms with van der Waals surface area (Å²) in [6.07, 6.45) is 0.944. The maximum atomic E-state index is 12.1. The molecule has 2 heterocycles. The van der Waals surface area contributed by atoms with Gasteiger partial charge in [-0.2, -0.15) is 4.80 Å². The number of halogens is 1. The number of carbonyl (C=O) groups is 1. The number of amides is 1. The minimum atomic E-state index is -0.373. The molecular formula is C11H14ClN7O. The number of hydrogen-bond donors (Lipinski definition) is 2. The van der Waals surface area contributed by atoms with Gasteiger partial charge in [-0.1, -0.05) is 23.6 Å².